The summed E-state index contributed by atoms with van der Waals surface area (Å²) in [5, 5.41) is 0. The maximum Gasteiger partial charge on any atom is 0.246 e. The number of fused-ring (bicyclic) bond motifs is 3. The number of hydrogen-bond acceptors (Lipinski definition) is 4. The van der Waals surface area contributed by atoms with E-state index in [-0.39, 0.29) is 17.1 Å². The second kappa shape index (κ2) is 7.27. The summed E-state index contributed by atoms with van der Waals surface area (Å²) in [4.78, 5) is 19.2. The zero-order chi connectivity index (χ0) is 20.9. The molecule has 1 saturated heterocycles. The van der Waals surface area contributed by atoms with Crippen LogP contribution in [0.15, 0.2) is 42.5 Å². The van der Waals surface area contributed by atoms with Crippen LogP contribution in [0.3, 0.4) is 0 Å². The van der Waals surface area contributed by atoms with Gasteiger partial charge in [-0.1, -0.05) is 19.1 Å². The number of nitrogens with zero attached hydrogens (tertiary/aromatic N) is 3. The third kappa shape index (κ3) is 3.05. The number of carbonyl (C=O) groups is 1. The van der Waals surface area contributed by atoms with Gasteiger partial charge in [0.15, 0.2) is 0 Å². The largest absolute Gasteiger partial charge is 0.494 e. The Morgan fingerprint density at radius 2 is 2.00 bits per heavy atom. The molecule has 3 heterocycles. The number of halogens is 1. The molecule has 1 amide bonds. The SMILES string of the molecule is CN1C(=O)CN2c3c1cccc3[C@]1(C)CN(CCCOc3ccc(F)cc3)CC[C@H]21. The van der Waals surface area contributed by atoms with Gasteiger partial charge in [0.2, 0.25) is 5.91 Å². The Hall–Kier alpha value is -2.60. The van der Waals surface area contributed by atoms with Gasteiger partial charge < -0.3 is 19.4 Å². The molecule has 30 heavy (non-hydrogen) atoms. The molecule has 2 atom stereocenters. The van der Waals surface area contributed by atoms with Crippen LogP contribution in [0.4, 0.5) is 15.8 Å². The Balaban J connectivity index is 1.26. The first kappa shape index (κ1) is 19.4. The summed E-state index contributed by atoms with van der Waals surface area (Å²) >= 11 is 0. The van der Waals surface area contributed by atoms with Gasteiger partial charge in [0.25, 0.3) is 0 Å². The summed E-state index contributed by atoms with van der Waals surface area (Å²) in [6, 6.07) is 13.0. The molecule has 5 nitrogen and oxygen atoms in total. The van der Waals surface area contributed by atoms with Crippen molar-refractivity contribution in [2.24, 2.45) is 0 Å². The van der Waals surface area contributed by atoms with Gasteiger partial charge in [-0.2, -0.15) is 0 Å². The molecule has 0 aromatic heterocycles. The lowest BCUT2D eigenvalue weighted by Gasteiger charge is -2.46. The third-order valence-corrected chi connectivity index (χ3v) is 7.04. The van der Waals surface area contributed by atoms with Crippen LogP contribution < -0.4 is 14.5 Å². The highest BCUT2D eigenvalue weighted by molar-refractivity contribution is 6.04. The molecule has 0 radical (unpaired) electrons. The normalized spacial score (nSPS) is 25.3. The van der Waals surface area contributed by atoms with E-state index in [2.05, 4.69) is 34.9 Å². The van der Waals surface area contributed by atoms with E-state index in [9.17, 15) is 9.18 Å². The Morgan fingerprint density at radius 3 is 2.80 bits per heavy atom. The van der Waals surface area contributed by atoms with Crippen molar-refractivity contribution in [1.82, 2.24) is 4.90 Å². The first-order valence-electron chi connectivity index (χ1n) is 10.7. The molecule has 1 fully saturated rings. The predicted molar refractivity (Wildman–Crippen MR) is 116 cm³/mol. The quantitative estimate of drug-likeness (QED) is 0.709. The molecule has 0 N–H and O–H groups in total. The second-order valence-electron chi connectivity index (χ2n) is 8.91. The molecule has 3 aliphatic rings. The molecular weight excluding hydrogens is 381 g/mol. The van der Waals surface area contributed by atoms with Crippen molar-refractivity contribution < 1.29 is 13.9 Å². The number of amides is 1. The fourth-order valence-corrected chi connectivity index (χ4v) is 5.53. The molecule has 0 unspecified atom stereocenters. The van der Waals surface area contributed by atoms with Crippen LogP contribution in [0.5, 0.6) is 5.75 Å². The highest BCUT2D eigenvalue weighted by Gasteiger charge is 2.53. The van der Waals surface area contributed by atoms with Crippen LogP contribution in [-0.4, -0.2) is 56.7 Å². The number of likely N-dealkylation sites (tertiary alicyclic amines) is 1. The highest BCUT2D eigenvalue weighted by Crippen LogP contribution is 2.53. The Labute approximate surface area is 177 Å². The smallest absolute Gasteiger partial charge is 0.246 e. The van der Waals surface area contributed by atoms with Crippen LogP contribution in [0.1, 0.15) is 25.3 Å². The number of ether oxygens (including phenoxy) is 1. The molecular formula is C24H28FN3O2. The monoisotopic (exact) mass is 409 g/mol. The topological polar surface area (TPSA) is 36.0 Å². The summed E-state index contributed by atoms with van der Waals surface area (Å²) in [5.74, 6) is 0.635. The fraction of sp³-hybridized carbons (Fsp3) is 0.458. The lowest BCUT2D eigenvalue weighted by atomic mass is 9.74. The number of rotatable bonds is 5. The minimum Gasteiger partial charge on any atom is -0.494 e. The van der Waals surface area contributed by atoms with E-state index in [0.29, 0.717) is 24.9 Å². The van der Waals surface area contributed by atoms with E-state index in [4.69, 9.17) is 4.74 Å². The number of anilines is 2. The number of likely N-dealkylation sites (N-methyl/N-ethyl adjacent to an activating group) is 1. The van der Waals surface area contributed by atoms with Gasteiger partial charge in [0, 0.05) is 38.1 Å². The van der Waals surface area contributed by atoms with Crippen molar-refractivity contribution in [3.63, 3.8) is 0 Å². The van der Waals surface area contributed by atoms with Crippen molar-refractivity contribution in [2.45, 2.75) is 31.2 Å². The zero-order valence-electron chi connectivity index (χ0n) is 17.6. The summed E-state index contributed by atoms with van der Waals surface area (Å²) < 4.78 is 18.8. The first-order valence-corrected chi connectivity index (χ1v) is 10.7. The van der Waals surface area contributed by atoms with Crippen molar-refractivity contribution >= 4 is 17.3 Å². The molecule has 0 bridgehead atoms. The van der Waals surface area contributed by atoms with Crippen molar-refractivity contribution in [2.75, 3.05) is 49.6 Å². The summed E-state index contributed by atoms with van der Waals surface area (Å²) in [6.07, 6.45) is 1.98. The fourth-order valence-electron chi connectivity index (χ4n) is 5.53. The lowest BCUT2D eigenvalue weighted by molar-refractivity contribution is -0.117. The predicted octanol–water partition coefficient (Wildman–Crippen LogP) is 3.42. The maximum atomic E-state index is 13.0. The molecule has 0 saturated carbocycles. The van der Waals surface area contributed by atoms with Gasteiger partial charge in [-0.3, -0.25) is 4.79 Å². The minimum absolute atomic E-state index is 0.0207. The van der Waals surface area contributed by atoms with Crippen molar-refractivity contribution in [3.8, 4) is 5.75 Å². The van der Waals surface area contributed by atoms with Gasteiger partial charge in [-0.15, -0.1) is 0 Å². The molecule has 2 aromatic carbocycles. The van der Waals surface area contributed by atoms with Crippen molar-refractivity contribution in [1.29, 1.82) is 0 Å². The molecule has 5 rings (SSSR count). The first-order chi connectivity index (χ1) is 14.5. The van der Waals surface area contributed by atoms with Crippen LogP contribution in [0.2, 0.25) is 0 Å². The van der Waals surface area contributed by atoms with Gasteiger partial charge in [0.05, 0.1) is 24.5 Å². The van der Waals surface area contributed by atoms with Crippen LogP contribution >= 0.6 is 0 Å². The highest BCUT2D eigenvalue weighted by atomic mass is 19.1. The second-order valence-corrected chi connectivity index (χ2v) is 8.91. The maximum absolute atomic E-state index is 13.0. The summed E-state index contributed by atoms with van der Waals surface area (Å²) in [5.41, 5.74) is 3.69. The van der Waals surface area contributed by atoms with E-state index >= 15 is 0 Å². The number of hydrogen-bond donors (Lipinski definition) is 0. The van der Waals surface area contributed by atoms with Gasteiger partial charge in [0.1, 0.15) is 11.6 Å². The van der Waals surface area contributed by atoms with Gasteiger partial charge >= 0.3 is 0 Å². The Kier molecular flexibility index (Phi) is 4.69. The van der Waals surface area contributed by atoms with Gasteiger partial charge in [-0.25, -0.2) is 4.39 Å². The number of para-hydroxylation sites is 1. The van der Waals surface area contributed by atoms with E-state index in [1.54, 1.807) is 17.0 Å². The lowest BCUT2D eigenvalue weighted by Crippen LogP contribution is -2.57. The minimum atomic E-state index is -0.246. The standard InChI is InChI=1S/C24H28FN3O2/c1-24-16-27(12-4-14-30-18-9-7-17(25)8-10-18)13-11-21(24)28-15-22(29)26(2)20-6-3-5-19(24)23(20)28/h3,5-10,21H,4,11-16H2,1-2H3/t21-,24-/m0/s1. The Bertz CT molecular complexity index is 963. The Morgan fingerprint density at radius 1 is 1.20 bits per heavy atom. The van der Waals surface area contributed by atoms with E-state index in [0.717, 1.165) is 38.2 Å². The summed E-state index contributed by atoms with van der Waals surface area (Å²) in [6.45, 7) is 6.44. The van der Waals surface area contributed by atoms with Gasteiger partial charge in [-0.05, 0) is 48.7 Å². The molecule has 2 aromatic rings. The number of benzene rings is 2. The molecule has 0 spiro atoms. The molecule has 6 heteroatoms. The number of carbonyl (C=O) groups excluding carboxylic acids is 1. The number of piperidine rings is 1. The molecule has 158 valence electrons. The van der Waals surface area contributed by atoms with Crippen LogP contribution in [0, 0.1) is 5.82 Å². The van der Waals surface area contributed by atoms with Crippen molar-refractivity contribution in [3.05, 3.63) is 53.8 Å². The molecule has 3 aliphatic heterocycles. The zero-order valence-corrected chi connectivity index (χ0v) is 17.6. The van der Waals surface area contributed by atoms with E-state index in [1.807, 2.05) is 7.05 Å². The molecule has 0 aliphatic carbocycles. The van der Waals surface area contributed by atoms with Crippen LogP contribution in [-0.2, 0) is 10.2 Å². The van der Waals surface area contributed by atoms with E-state index < -0.39 is 0 Å². The average Bonchev–Trinajstić information content (AvgIpc) is 2.99. The summed E-state index contributed by atoms with van der Waals surface area (Å²) in [7, 11) is 1.88. The van der Waals surface area contributed by atoms with Crippen LogP contribution in [0.25, 0.3) is 0 Å². The van der Waals surface area contributed by atoms with E-state index in [1.165, 1.54) is 23.4 Å². The third-order valence-electron chi connectivity index (χ3n) is 7.04. The average molecular weight is 410 g/mol.